The molecule has 232 valence electrons. The number of benzene rings is 1. The molecule has 41 heavy (non-hydrogen) atoms. The molecule has 2 aliphatic rings. The molecule has 1 aromatic carbocycles. The van der Waals surface area contributed by atoms with Crippen molar-refractivity contribution in [3.05, 3.63) is 28.8 Å². The van der Waals surface area contributed by atoms with Crippen LogP contribution in [0.15, 0.2) is 18.2 Å². The summed E-state index contributed by atoms with van der Waals surface area (Å²) in [6.07, 6.45) is -1.63. The lowest BCUT2D eigenvalue weighted by Crippen LogP contribution is -2.56. The number of carboxylic acids is 1. The molecule has 1 saturated heterocycles. The molecule has 0 radical (unpaired) electrons. The van der Waals surface area contributed by atoms with Gasteiger partial charge in [-0.15, -0.1) is 0 Å². The highest BCUT2D eigenvalue weighted by Crippen LogP contribution is 2.33. The second-order valence-electron chi connectivity index (χ2n) is 11.1. The van der Waals surface area contributed by atoms with Gasteiger partial charge in [0.05, 0.1) is 17.5 Å². The Balaban J connectivity index is 0.000000745. The van der Waals surface area contributed by atoms with Crippen molar-refractivity contribution < 1.29 is 42.1 Å². The number of alkyl halides is 3. The highest BCUT2D eigenvalue weighted by Gasteiger charge is 2.39. The number of hydrogen-bond acceptors (Lipinski definition) is 6. The van der Waals surface area contributed by atoms with Gasteiger partial charge in [0.25, 0.3) is 0 Å². The summed E-state index contributed by atoms with van der Waals surface area (Å²) in [4.78, 5) is 36.7. The Morgan fingerprint density at radius 2 is 1.80 bits per heavy atom. The van der Waals surface area contributed by atoms with Crippen LogP contribution in [-0.4, -0.2) is 85.1 Å². The molecule has 1 saturated carbocycles. The van der Waals surface area contributed by atoms with E-state index in [2.05, 4.69) is 16.0 Å². The predicted molar refractivity (Wildman–Crippen MR) is 147 cm³/mol. The van der Waals surface area contributed by atoms with Crippen LogP contribution in [0.3, 0.4) is 0 Å². The number of rotatable bonds is 10. The molecule has 14 heteroatoms. The lowest BCUT2D eigenvalue weighted by Gasteiger charge is -2.34. The second kappa shape index (κ2) is 15.5. The minimum atomic E-state index is -5.08. The van der Waals surface area contributed by atoms with Crippen molar-refractivity contribution >= 4 is 29.5 Å². The Hall–Kier alpha value is -2.77. The Morgan fingerprint density at radius 3 is 2.37 bits per heavy atom. The minimum absolute atomic E-state index is 0.0891. The molecule has 4 N–H and O–H groups in total. The number of carbonyl (C=O) groups excluding carboxylic acids is 2. The first-order valence-electron chi connectivity index (χ1n) is 13.4. The van der Waals surface area contributed by atoms with Crippen LogP contribution in [0.5, 0.6) is 5.75 Å². The lowest BCUT2D eigenvalue weighted by molar-refractivity contribution is -0.192. The molecule has 2 fully saturated rings. The van der Waals surface area contributed by atoms with E-state index < -0.39 is 12.1 Å². The maximum atomic E-state index is 13.5. The summed E-state index contributed by atoms with van der Waals surface area (Å²) in [5.74, 6) is -2.17. The number of hydrogen-bond donors (Lipinski definition) is 4. The Morgan fingerprint density at radius 1 is 1.15 bits per heavy atom. The fraction of sp³-hybridized carbons (Fsp3) is 0.667. The number of nitrogens with one attached hydrogen (secondary N) is 3. The van der Waals surface area contributed by atoms with Crippen molar-refractivity contribution in [2.45, 2.75) is 76.8 Å². The molecule has 10 nitrogen and oxygen atoms in total. The van der Waals surface area contributed by atoms with E-state index in [4.69, 9.17) is 31.0 Å². The van der Waals surface area contributed by atoms with Gasteiger partial charge in [0, 0.05) is 57.4 Å². The molecule has 1 aliphatic heterocycles. The fourth-order valence-corrected chi connectivity index (χ4v) is 4.32. The van der Waals surface area contributed by atoms with Crippen molar-refractivity contribution in [3.8, 4) is 5.75 Å². The van der Waals surface area contributed by atoms with Gasteiger partial charge in [0.15, 0.2) is 0 Å². The van der Waals surface area contributed by atoms with E-state index >= 15 is 0 Å². The molecule has 3 rings (SSSR count). The molecule has 0 unspecified atom stereocenters. The maximum absolute atomic E-state index is 13.5. The SMILES string of the molecule is COCCCOc1cc(CN(C(=O)[C@@H]2CNC[C@H](NC(=O)NC(C)(C)C)C2)C2CC2)ccc1Cl.O=C(O)C(F)(F)F. The van der Waals surface area contributed by atoms with Gasteiger partial charge in [-0.05, 0) is 57.7 Å². The van der Waals surface area contributed by atoms with Crippen molar-refractivity contribution in [1.29, 1.82) is 0 Å². The molecule has 2 atom stereocenters. The van der Waals surface area contributed by atoms with Gasteiger partial charge in [-0.2, -0.15) is 13.2 Å². The Kier molecular flexibility index (Phi) is 13.0. The van der Waals surface area contributed by atoms with E-state index in [1.807, 2.05) is 43.9 Å². The number of ether oxygens (including phenoxy) is 2. The topological polar surface area (TPSA) is 129 Å². The van der Waals surface area contributed by atoms with Crippen LogP contribution in [0.1, 0.15) is 52.0 Å². The number of piperidine rings is 1. The average Bonchev–Trinajstić information content (AvgIpc) is 3.70. The number of halogens is 4. The molecule has 1 aromatic rings. The zero-order valence-electron chi connectivity index (χ0n) is 23.8. The van der Waals surface area contributed by atoms with Crippen molar-refractivity contribution in [1.82, 2.24) is 20.9 Å². The van der Waals surface area contributed by atoms with Crippen LogP contribution < -0.4 is 20.7 Å². The van der Waals surface area contributed by atoms with E-state index in [0.29, 0.717) is 50.0 Å². The van der Waals surface area contributed by atoms with Gasteiger partial charge >= 0.3 is 18.2 Å². The zero-order valence-corrected chi connectivity index (χ0v) is 24.5. The smallest absolute Gasteiger partial charge is 0.490 e. The monoisotopic (exact) mass is 608 g/mol. The van der Waals surface area contributed by atoms with Crippen molar-refractivity contribution in [3.63, 3.8) is 0 Å². The van der Waals surface area contributed by atoms with Crippen LogP contribution in [0, 0.1) is 5.92 Å². The van der Waals surface area contributed by atoms with E-state index in [1.54, 1.807) is 7.11 Å². The van der Waals surface area contributed by atoms with Crippen molar-refractivity contribution in [2.24, 2.45) is 5.92 Å². The minimum Gasteiger partial charge on any atom is -0.492 e. The van der Waals surface area contributed by atoms with Crippen LogP contribution in [0.25, 0.3) is 0 Å². The van der Waals surface area contributed by atoms with Crippen LogP contribution in [0.4, 0.5) is 18.0 Å². The highest BCUT2D eigenvalue weighted by atomic mass is 35.5. The molecular formula is C27H40ClF3N4O6. The van der Waals surface area contributed by atoms with Gasteiger partial charge in [0.1, 0.15) is 5.75 Å². The zero-order chi connectivity index (χ0) is 30.8. The number of amides is 3. The first kappa shape index (κ1) is 34.4. The Bertz CT molecular complexity index is 1030. The molecule has 0 bridgehead atoms. The lowest BCUT2D eigenvalue weighted by atomic mass is 9.94. The number of nitrogens with zero attached hydrogens (tertiary/aromatic N) is 1. The predicted octanol–water partition coefficient (Wildman–Crippen LogP) is 3.96. The molecule has 0 spiro atoms. The number of carbonyl (C=O) groups is 3. The quantitative estimate of drug-likeness (QED) is 0.296. The third kappa shape index (κ3) is 12.7. The molecule has 1 heterocycles. The van der Waals surface area contributed by atoms with Crippen LogP contribution >= 0.6 is 11.6 Å². The fourth-order valence-electron chi connectivity index (χ4n) is 4.15. The normalized spacial score (nSPS) is 18.9. The van der Waals surface area contributed by atoms with Gasteiger partial charge < -0.3 is 35.4 Å². The van der Waals surface area contributed by atoms with Gasteiger partial charge in [-0.1, -0.05) is 17.7 Å². The third-order valence-corrected chi connectivity index (χ3v) is 6.45. The molecular weight excluding hydrogens is 569 g/mol. The summed E-state index contributed by atoms with van der Waals surface area (Å²) >= 11 is 6.32. The summed E-state index contributed by atoms with van der Waals surface area (Å²) in [5.41, 5.74) is 0.684. The van der Waals surface area contributed by atoms with Gasteiger partial charge in [-0.3, -0.25) is 4.79 Å². The largest absolute Gasteiger partial charge is 0.492 e. The summed E-state index contributed by atoms with van der Waals surface area (Å²) in [7, 11) is 1.66. The second-order valence-corrected chi connectivity index (χ2v) is 11.5. The average molecular weight is 609 g/mol. The van der Waals surface area contributed by atoms with Gasteiger partial charge in [0.2, 0.25) is 5.91 Å². The highest BCUT2D eigenvalue weighted by molar-refractivity contribution is 6.32. The Labute approximate surface area is 243 Å². The summed E-state index contributed by atoms with van der Waals surface area (Å²) in [5, 5.41) is 16.9. The van der Waals surface area contributed by atoms with Crippen LogP contribution in [-0.2, 0) is 20.9 Å². The summed E-state index contributed by atoms with van der Waals surface area (Å²) in [6, 6.07) is 5.69. The first-order chi connectivity index (χ1) is 19.1. The standard InChI is InChI=1S/C25H39ClN4O4.C2HF3O2/c1-25(2,3)29-24(32)28-19-13-18(14-27-15-19)23(31)30(20-7-8-20)16-17-6-9-21(26)22(12-17)34-11-5-10-33-4;3-2(4,5)1(6)7/h6,9,12,18-20,27H,5,7-8,10-11,13-16H2,1-4H3,(H2,28,29,32);(H,6,7)/t18-,19+;/m0./s1. The number of methoxy groups -OCH3 is 1. The van der Waals surface area contributed by atoms with E-state index in [0.717, 1.165) is 24.8 Å². The van der Waals surface area contributed by atoms with E-state index in [9.17, 15) is 22.8 Å². The number of urea groups is 1. The molecule has 1 aliphatic carbocycles. The van der Waals surface area contributed by atoms with E-state index in [-0.39, 0.29) is 35.5 Å². The molecule has 3 amide bonds. The van der Waals surface area contributed by atoms with Crippen molar-refractivity contribution in [2.75, 3.05) is 33.4 Å². The van der Waals surface area contributed by atoms with E-state index in [1.165, 1.54) is 0 Å². The first-order valence-corrected chi connectivity index (χ1v) is 13.8. The summed E-state index contributed by atoms with van der Waals surface area (Å²) < 4.78 is 42.6. The summed E-state index contributed by atoms with van der Waals surface area (Å²) in [6.45, 7) is 8.78. The number of aliphatic carboxylic acids is 1. The molecule has 0 aromatic heterocycles. The van der Waals surface area contributed by atoms with Gasteiger partial charge in [-0.25, -0.2) is 9.59 Å². The van der Waals surface area contributed by atoms with Crippen LogP contribution in [0.2, 0.25) is 5.02 Å². The maximum Gasteiger partial charge on any atom is 0.490 e. The number of carboxylic acid groups (broad SMARTS) is 1. The third-order valence-electron chi connectivity index (χ3n) is 6.14.